The topological polar surface area (TPSA) is 66.4 Å². The molecule has 0 unspecified atom stereocenters. The van der Waals surface area contributed by atoms with Crippen molar-refractivity contribution in [1.82, 2.24) is 0 Å². The van der Waals surface area contributed by atoms with E-state index in [1.807, 2.05) is 12.1 Å². The Hall–Kier alpha value is -2.62. The highest BCUT2D eigenvalue weighted by molar-refractivity contribution is 5.92. The molecule has 3 rings (SSSR count). The normalized spacial score (nSPS) is 13.6. The number of carbonyl (C=O) groups is 2. The van der Waals surface area contributed by atoms with Gasteiger partial charge in [-0.2, -0.15) is 0 Å². The molecular formula is C19H19NO3. The highest BCUT2D eigenvalue weighted by Crippen LogP contribution is 2.40. The number of benzene rings is 2. The van der Waals surface area contributed by atoms with Gasteiger partial charge in [0.25, 0.3) is 0 Å². The molecule has 0 heterocycles. The monoisotopic (exact) mass is 309 g/mol. The summed E-state index contributed by atoms with van der Waals surface area (Å²) in [4.78, 5) is 22.9. The molecule has 1 aliphatic rings. The predicted molar refractivity (Wildman–Crippen MR) is 88.5 cm³/mol. The van der Waals surface area contributed by atoms with E-state index in [1.54, 1.807) is 24.3 Å². The van der Waals surface area contributed by atoms with Gasteiger partial charge in [0.05, 0.1) is 12.8 Å². The maximum atomic E-state index is 12.2. The van der Waals surface area contributed by atoms with Crippen molar-refractivity contribution < 1.29 is 14.7 Å². The summed E-state index contributed by atoms with van der Waals surface area (Å²) in [5.74, 6) is -0.304. The molecule has 1 fully saturated rings. The van der Waals surface area contributed by atoms with Crippen molar-refractivity contribution in [2.45, 2.75) is 31.6 Å². The molecule has 0 spiro atoms. The first-order chi connectivity index (χ1) is 11.1. The van der Waals surface area contributed by atoms with Gasteiger partial charge in [-0.15, -0.1) is 0 Å². The number of carboxylic acids is 1. The van der Waals surface area contributed by atoms with Crippen LogP contribution in [0, 0.1) is 0 Å². The van der Waals surface area contributed by atoms with Crippen molar-refractivity contribution in [3.05, 3.63) is 65.2 Å². The smallest absolute Gasteiger partial charge is 0.307 e. The largest absolute Gasteiger partial charge is 0.481 e. The van der Waals surface area contributed by atoms with E-state index in [-0.39, 0.29) is 12.3 Å². The Morgan fingerprint density at radius 1 is 1.00 bits per heavy atom. The van der Waals surface area contributed by atoms with Crippen LogP contribution in [0.3, 0.4) is 0 Å². The molecule has 0 saturated heterocycles. The summed E-state index contributed by atoms with van der Waals surface area (Å²) in [6.07, 6.45) is 2.76. The molecule has 2 N–H and O–H groups in total. The Labute approximate surface area is 135 Å². The van der Waals surface area contributed by atoms with E-state index in [4.69, 9.17) is 5.11 Å². The van der Waals surface area contributed by atoms with E-state index in [0.29, 0.717) is 23.6 Å². The maximum absolute atomic E-state index is 12.2. The minimum atomic E-state index is -0.884. The Morgan fingerprint density at radius 2 is 1.70 bits per heavy atom. The lowest BCUT2D eigenvalue weighted by Crippen LogP contribution is -2.14. The van der Waals surface area contributed by atoms with Crippen molar-refractivity contribution in [1.29, 1.82) is 0 Å². The van der Waals surface area contributed by atoms with Gasteiger partial charge in [-0.25, -0.2) is 0 Å². The third kappa shape index (κ3) is 4.42. The summed E-state index contributed by atoms with van der Waals surface area (Å²) < 4.78 is 0. The fourth-order valence-corrected chi connectivity index (χ4v) is 2.70. The van der Waals surface area contributed by atoms with Crippen molar-refractivity contribution in [3.8, 4) is 0 Å². The zero-order valence-electron chi connectivity index (χ0n) is 12.8. The van der Waals surface area contributed by atoms with Crippen molar-refractivity contribution in [3.63, 3.8) is 0 Å². The fraction of sp³-hybridized carbons (Fsp3) is 0.263. The van der Waals surface area contributed by atoms with Crippen LogP contribution in [0.5, 0.6) is 0 Å². The van der Waals surface area contributed by atoms with Crippen LogP contribution in [-0.2, 0) is 22.4 Å². The highest BCUT2D eigenvalue weighted by Gasteiger charge is 2.23. The number of carbonyl (C=O) groups excluding carboxylic acids is 1. The molecule has 2 aromatic carbocycles. The molecule has 0 bridgehead atoms. The number of carboxylic acid groups (broad SMARTS) is 1. The van der Waals surface area contributed by atoms with E-state index in [1.165, 1.54) is 18.4 Å². The number of aliphatic carboxylic acids is 1. The zero-order valence-corrected chi connectivity index (χ0v) is 12.8. The second kappa shape index (κ2) is 6.65. The second-order valence-electron chi connectivity index (χ2n) is 6.02. The predicted octanol–water partition coefficient (Wildman–Crippen LogP) is 3.37. The second-order valence-corrected chi connectivity index (χ2v) is 6.02. The van der Waals surface area contributed by atoms with Crippen LogP contribution in [0.15, 0.2) is 48.5 Å². The SMILES string of the molecule is O=C(O)Cc1cccc(NC(=O)Cc2cccc(C3CC3)c2)c1. The van der Waals surface area contributed by atoms with Gasteiger partial charge in [-0.05, 0) is 47.6 Å². The Morgan fingerprint density at radius 3 is 2.39 bits per heavy atom. The van der Waals surface area contributed by atoms with E-state index < -0.39 is 5.97 Å². The molecule has 1 saturated carbocycles. The average Bonchev–Trinajstić information content (AvgIpc) is 3.31. The van der Waals surface area contributed by atoms with E-state index in [9.17, 15) is 9.59 Å². The van der Waals surface area contributed by atoms with Crippen molar-refractivity contribution in [2.24, 2.45) is 0 Å². The minimum absolute atomic E-state index is 0.0485. The number of nitrogens with one attached hydrogen (secondary N) is 1. The molecule has 4 heteroatoms. The molecule has 118 valence electrons. The summed E-state index contributed by atoms with van der Waals surface area (Å²) in [5, 5.41) is 11.7. The number of amides is 1. The van der Waals surface area contributed by atoms with Gasteiger partial charge in [0.1, 0.15) is 0 Å². The number of hydrogen-bond donors (Lipinski definition) is 2. The first kappa shape index (κ1) is 15.3. The Bertz CT molecular complexity index is 735. The van der Waals surface area contributed by atoms with E-state index >= 15 is 0 Å². The van der Waals surface area contributed by atoms with Gasteiger partial charge in [-0.3, -0.25) is 9.59 Å². The van der Waals surface area contributed by atoms with Crippen molar-refractivity contribution >= 4 is 17.6 Å². The molecule has 1 aliphatic carbocycles. The number of anilines is 1. The van der Waals surface area contributed by atoms with Gasteiger partial charge in [0.2, 0.25) is 5.91 Å². The van der Waals surface area contributed by atoms with Crippen molar-refractivity contribution in [2.75, 3.05) is 5.32 Å². The quantitative estimate of drug-likeness (QED) is 0.859. The lowest BCUT2D eigenvalue weighted by molar-refractivity contribution is -0.136. The average molecular weight is 309 g/mol. The van der Waals surface area contributed by atoms with Gasteiger partial charge in [0, 0.05) is 5.69 Å². The Kier molecular flexibility index (Phi) is 4.42. The highest BCUT2D eigenvalue weighted by atomic mass is 16.4. The van der Waals surface area contributed by atoms with Crippen LogP contribution >= 0.6 is 0 Å². The molecule has 23 heavy (non-hydrogen) atoms. The molecule has 0 aromatic heterocycles. The number of rotatable bonds is 6. The zero-order chi connectivity index (χ0) is 16.2. The van der Waals surface area contributed by atoms with E-state index in [0.717, 1.165) is 5.56 Å². The van der Waals surface area contributed by atoms with Crippen LogP contribution < -0.4 is 5.32 Å². The first-order valence-electron chi connectivity index (χ1n) is 7.79. The van der Waals surface area contributed by atoms with Crippen LogP contribution in [0.2, 0.25) is 0 Å². The third-order valence-electron chi connectivity index (χ3n) is 3.93. The number of hydrogen-bond acceptors (Lipinski definition) is 2. The van der Waals surface area contributed by atoms with Crippen LogP contribution in [-0.4, -0.2) is 17.0 Å². The summed E-state index contributed by atoms with van der Waals surface area (Å²) in [6.45, 7) is 0. The third-order valence-corrected chi connectivity index (χ3v) is 3.93. The van der Waals surface area contributed by atoms with Gasteiger partial charge in [0.15, 0.2) is 0 Å². The minimum Gasteiger partial charge on any atom is -0.481 e. The van der Waals surface area contributed by atoms with Gasteiger partial charge in [-0.1, -0.05) is 36.4 Å². The molecule has 0 aliphatic heterocycles. The van der Waals surface area contributed by atoms with E-state index in [2.05, 4.69) is 17.4 Å². The maximum Gasteiger partial charge on any atom is 0.307 e. The van der Waals surface area contributed by atoms with Gasteiger partial charge >= 0.3 is 5.97 Å². The molecular weight excluding hydrogens is 290 g/mol. The molecule has 0 atom stereocenters. The van der Waals surface area contributed by atoms with Crippen LogP contribution in [0.25, 0.3) is 0 Å². The molecule has 1 amide bonds. The standard InChI is InChI=1S/C19H19NO3/c21-18(11-13-3-1-5-16(9-13)15-7-8-15)20-17-6-2-4-14(10-17)12-19(22)23/h1-6,9-10,15H,7-8,11-12H2,(H,20,21)(H,22,23). The van der Waals surface area contributed by atoms with Crippen LogP contribution in [0.1, 0.15) is 35.4 Å². The summed E-state index contributed by atoms with van der Waals surface area (Å²) >= 11 is 0. The molecule has 4 nitrogen and oxygen atoms in total. The molecule has 2 aromatic rings. The first-order valence-corrected chi connectivity index (χ1v) is 7.79. The fourth-order valence-electron chi connectivity index (χ4n) is 2.70. The Balaban J connectivity index is 1.62. The van der Waals surface area contributed by atoms with Gasteiger partial charge < -0.3 is 10.4 Å². The summed E-state index contributed by atoms with van der Waals surface area (Å²) in [6, 6.07) is 15.2. The molecule has 0 radical (unpaired) electrons. The lowest BCUT2D eigenvalue weighted by atomic mass is 10.0. The summed E-state index contributed by atoms with van der Waals surface area (Å²) in [7, 11) is 0. The van der Waals surface area contributed by atoms with Crippen LogP contribution in [0.4, 0.5) is 5.69 Å². The lowest BCUT2D eigenvalue weighted by Gasteiger charge is -2.08. The summed E-state index contributed by atoms with van der Waals surface area (Å²) in [5.41, 5.74) is 3.63.